The summed E-state index contributed by atoms with van der Waals surface area (Å²) in [5, 5.41) is 19.4. The lowest BCUT2D eigenvalue weighted by atomic mass is 9.65. The largest absolute Gasteiger partial charge is 0.444 e. The second kappa shape index (κ2) is 8.81. The lowest BCUT2D eigenvalue weighted by Crippen LogP contribution is -2.43. The molecule has 8 heteroatoms. The van der Waals surface area contributed by atoms with Gasteiger partial charge in [-0.15, -0.1) is 0 Å². The zero-order valence-electron chi connectivity index (χ0n) is 21.8. The second-order valence-electron chi connectivity index (χ2n) is 11.5. The zero-order valence-corrected chi connectivity index (χ0v) is 21.8. The smallest absolute Gasteiger partial charge is 0.410 e. The highest BCUT2D eigenvalue weighted by molar-refractivity contribution is 5.69. The minimum atomic E-state index is -0.486. The van der Waals surface area contributed by atoms with E-state index in [0.29, 0.717) is 17.8 Å². The maximum Gasteiger partial charge on any atom is 0.410 e. The minimum absolute atomic E-state index is 0.120. The summed E-state index contributed by atoms with van der Waals surface area (Å²) in [5.74, 6) is 0. The number of hydrogen-bond acceptors (Lipinski definition) is 5. The van der Waals surface area contributed by atoms with Crippen LogP contribution in [0.3, 0.4) is 0 Å². The van der Waals surface area contributed by atoms with Gasteiger partial charge in [0.2, 0.25) is 0 Å². The number of benzene rings is 1. The first-order valence-corrected chi connectivity index (χ1v) is 12.6. The number of hydrogen-bond donors (Lipinski definition) is 0. The van der Waals surface area contributed by atoms with Crippen molar-refractivity contribution < 1.29 is 9.53 Å². The van der Waals surface area contributed by atoms with Gasteiger partial charge in [-0.1, -0.05) is 29.8 Å². The van der Waals surface area contributed by atoms with E-state index in [1.165, 1.54) is 11.1 Å². The molecule has 36 heavy (non-hydrogen) atoms. The predicted octanol–water partition coefficient (Wildman–Crippen LogP) is 5.25. The predicted molar refractivity (Wildman–Crippen MR) is 136 cm³/mol. The van der Waals surface area contributed by atoms with Gasteiger partial charge in [-0.25, -0.2) is 4.79 Å². The van der Waals surface area contributed by atoms with Crippen LogP contribution in [0.2, 0.25) is 0 Å². The van der Waals surface area contributed by atoms with Crippen LogP contribution < -0.4 is 0 Å². The van der Waals surface area contributed by atoms with Gasteiger partial charge in [-0.3, -0.25) is 9.36 Å². The summed E-state index contributed by atoms with van der Waals surface area (Å²) in [4.78, 5) is 14.3. The topological polar surface area (TPSA) is 89.0 Å². The van der Waals surface area contributed by atoms with Crippen molar-refractivity contribution in [2.75, 3.05) is 13.1 Å². The molecule has 0 N–H and O–H groups in total. The Hall–Kier alpha value is -3.60. The Morgan fingerprint density at radius 1 is 1.22 bits per heavy atom. The molecule has 0 atom stereocenters. The van der Waals surface area contributed by atoms with Gasteiger partial charge in [0, 0.05) is 31.0 Å². The number of rotatable bonds is 4. The summed E-state index contributed by atoms with van der Waals surface area (Å²) in [6, 6.07) is 10.9. The number of amides is 1. The Kier molecular flexibility index (Phi) is 5.90. The third kappa shape index (κ3) is 4.75. The Labute approximate surface area is 212 Å². The fraction of sp³-hybridized carbons (Fsp3) is 0.500. The number of carbonyl (C=O) groups is 1. The Morgan fingerprint density at radius 3 is 2.69 bits per heavy atom. The number of nitriles is 1. The summed E-state index contributed by atoms with van der Waals surface area (Å²) in [6.07, 6.45) is 6.50. The van der Waals surface area contributed by atoms with Crippen molar-refractivity contribution in [3.05, 3.63) is 59.0 Å². The molecule has 2 aromatic heterocycles. The fourth-order valence-electron chi connectivity index (χ4n) is 5.57. The molecule has 1 amide bonds. The number of ether oxygens (including phenoxy) is 1. The van der Waals surface area contributed by atoms with Crippen LogP contribution >= 0.6 is 0 Å². The fourth-order valence-corrected chi connectivity index (χ4v) is 5.57. The van der Waals surface area contributed by atoms with E-state index >= 15 is 0 Å². The lowest BCUT2D eigenvalue weighted by molar-refractivity contribution is 0.0186. The summed E-state index contributed by atoms with van der Waals surface area (Å²) >= 11 is 0. The van der Waals surface area contributed by atoms with Gasteiger partial charge in [0.25, 0.3) is 0 Å². The highest BCUT2D eigenvalue weighted by atomic mass is 16.6. The molecule has 3 heterocycles. The summed E-state index contributed by atoms with van der Waals surface area (Å²) in [7, 11) is 0. The van der Waals surface area contributed by atoms with Crippen molar-refractivity contribution in [2.45, 2.75) is 72.1 Å². The van der Waals surface area contributed by atoms with Crippen molar-refractivity contribution in [3.63, 3.8) is 0 Å². The SMILES string of the molecule is Cc1cccc(Cn2cc(-c3nn(C4CC5(CCN(C(=O)OC(C)(C)C)C5)C4)cc3C#N)c(C)n2)c1. The van der Waals surface area contributed by atoms with Crippen molar-refractivity contribution >= 4 is 6.09 Å². The van der Waals surface area contributed by atoms with Crippen LogP contribution in [-0.2, 0) is 11.3 Å². The van der Waals surface area contributed by atoms with E-state index in [-0.39, 0.29) is 17.6 Å². The average molecular weight is 487 g/mol. The quantitative estimate of drug-likeness (QED) is 0.503. The van der Waals surface area contributed by atoms with Crippen LogP contribution in [0.1, 0.15) is 68.5 Å². The van der Waals surface area contributed by atoms with Gasteiger partial charge in [0.15, 0.2) is 0 Å². The number of aryl methyl sites for hydroxylation is 2. The first-order valence-electron chi connectivity index (χ1n) is 12.6. The van der Waals surface area contributed by atoms with Crippen LogP contribution in [0.5, 0.6) is 0 Å². The van der Waals surface area contributed by atoms with E-state index < -0.39 is 5.60 Å². The van der Waals surface area contributed by atoms with Crippen molar-refractivity contribution in [1.29, 1.82) is 5.26 Å². The molecule has 5 rings (SSSR count). The van der Waals surface area contributed by atoms with E-state index in [0.717, 1.165) is 43.6 Å². The lowest BCUT2D eigenvalue weighted by Gasteiger charge is -2.45. The third-order valence-corrected chi connectivity index (χ3v) is 7.28. The first kappa shape index (κ1) is 24.1. The molecule has 0 radical (unpaired) electrons. The number of carbonyl (C=O) groups excluding carboxylic acids is 1. The van der Waals surface area contributed by atoms with E-state index in [1.54, 1.807) is 0 Å². The van der Waals surface area contributed by atoms with Gasteiger partial charge in [0.1, 0.15) is 17.4 Å². The Bertz CT molecular complexity index is 1330. The Balaban J connectivity index is 1.28. The van der Waals surface area contributed by atoms with Gasteiger partial charge in [-0.05, 0) is 64.9 Å². The molecule has 1 saturated heterocycles. The molecule has 1 saturated carbocycles. The molecule has 0 bridgehead atoms. The van der Waals surface area contributed by atoms with Gasteiger partial charge in [0.05, 0.1) is 23.8 Å². The summed E-state index contributed by atoms with van der Waals surface area (Å²) in [5.41, 5.74) is 5.05. The number of nitrogens with zero attached hydrogens (tertiary/aromatic N) is 6. The highest BCUT2D eigenvalue weighted by Gasteiger charge is 2.51. The molecule has 2 fully saturated rings. The van der Waals surface area contributed by atoms with Crippen LogP contribution in [0.15, 0.2) is 36.7 Å². The van der Waals surface area contributed by atoms with E-state index in [9.17, 15) is 10.1 Å². The van der Waals surface area contributed by atoms with Crippen LogP contribution in [0.25, 0.3) is 11.3 Å². The molecule has 1 aliphatic carbocycles. The van der Waals surface area contributed by atoms with E-state index in [2.05, 4.69) is 37.3 Å². The molecule has 1 aliphatic heterocycles. The number of aromatic nitrogens is 4. The standard InChI is InChI=1S/C28H34N6O2/c1-19-7-6-8-21(11-19)15-33-17-24(20(2)30-33)25-22(14-29)16-34(31-25)23-12-28(13-23)9-10-32(18-28)26(35)36-27(3,4)5/h6-8,11,16-17,23H,9-10,12-13,15,18H2,1-5H3. The van der Waals surface area contributed by atoms with Gasteiger partial charge < -0.3 is 9.64 Å². The molecule has 8 nitrogen and oxygen atoms in total. The maximum atomic E-state index is 12.5. The zero-order chi connectivity index (χ0) is 25.7. The van der Waals surface area contributed by atoms with Gasteiger partial charge >= 0.3 is 6.09 Å². The molecule has 188 valence electrons. The monoisotopic (exact) mass is 486 g/mol. The number of likely N-dealkylation sites (tertiary alicyclic amines) is 1. The molecular weight excluding hydrogens is 452 g/mol. The Morgan fingerprint density at radius 2 is 2.00 bits per heavy atom. The third-order valence-electron chi connectivity index (χ3n) is 7.28. The van der Waals surface area contributed by atoms with Crippen molar-refractivity contribution in [3.8, 4) is 17.3 Å². The van der Waals surface area contributed by atoms with E-state index in [4.69, 9.17) is 14.9 Å². The minimum Gasteiger partial charge on any atom is -0.444 e. The van der Waals surface area contributed by atoms with Gasteiger partial charge in [-0.2, -0.15) is 15.5 Å². The average Bonchev–Trinajstić information content (AvgIpc) is 3.47. The molecule has 1 aromatic carbocycles. The van der Waals surface area contributed by atoms with Crippen molar-refractivity contribution in [2.24, 2.45) is 5.41 Å². The van der Waals surface area contributed by atoms with E-state index in [1.807, 2.05) is 54.4 Å². The molecule has 1 spiro atoms. The molecule has 0 unspecified atom stereocenters. The summed E-state index contributed by atoms with van der Waals surface area (Å²) < 4.78 is 9.43. The molecular formula is C28H34N6O2. The van der Waals surface area contributed by atoms with Crippen LogP contribution in [0, 0.1) is 30.6 Å². The van der Waals surface area contributed by atoms with Crippen molar-refractivity contribution in [1.82, 2.24) is 24.5 Å². The second-order valence-corrected chi connectivity index (χ2v) is 11.5. The summed E-state index contributed by atoms with van der Waals surface area (Å²) in [6.45, 7) is 11.9. The highest BCUT2D eigenvalue weighted by Crippen LogP contribution is 2.54. The first-order chi connectivity index (χ1) is 17.0. The molecule has 3 aromatic rings. The maximum absolute atomic E-state index is 12.5. The molecule has 2 aliphatic rings. The van der Waals surface area contributed by atoms with Crippen LogP contribution in [0.4, 0.5) is 4.79 Å². The van der Waals surface area contributed by atoms with Crippen LogP contribution in [-0.4, -0.2) is 49.2 Å². The normalized spacial score (nSPS) is 21.4.